The number of benzene rings is 1. The van der Waals surface area contributed by atoms with Gasteiger partial charge >= 0.3 is 0 Å². The van der Waals surface area contributed by atoms with E-state index in [1.165, 1.54) is 13.2 Å². The Balaban J connectivity index is 2.33. The smallest absolute Gasteiger partial charge is 0.145 e. The third-order valence-corrected chi connectivity index (χ3v) is 3.40. The maximum atomic E-state index is 13.5. The van der Waals surface area contributed by atoms with Crippen LogP contribution in [0.3, 0.4) is 0 Å². The first-order chi connectivity index (χ1) is 7.72. The van der Waals surface area contributed by atoms with Crippen LogP contribution in [0.25, 0.3) is 0 Å². The molecule has 0 spiro atoms. The van der Waals surface area contributed by atoms with Gasteiger partial charge in [0.25, 0.3) is 0 Å². The fourth-order valence-corrected chi connectivity index (χ4v) is 2.38. The Morgan fingerprint density at radius 2 is 2.31 bits per heavy atom. The highest BCUT2D eigenvalue weighted by Crippen LogP contribution is 2.34. The van der Waals surface area contributed by atoms with E-state index in [1.54, 1.807) is 0 Å². The minimum absolute atomic E-state index is 0.231. The van der Waals surface area contributed by atoms with E-state index < -0.39 is 5.82 Å². The second-order valence-electron chi connectivity index (χ2n) is 4.06. The topological polar surface area (TPSA) is 21.3 Å². The third kappa shape index (κ3) is 2.30. The van der Waals surface area contributed by atoms with Crippen molar-refractivity contribution in [3.05, 3.63) is 28.5 Å². The van der Waals surface area contributed by atoms with Crippen molar-refractivity contribution in [2.45, 2.75) is 18.8 Å². The lowest BCUT2D eigenvalue weighted by molar-refractivity contribution is 0.407. The van der Waals surface area contributed by atoms with Crippen molar-refractivity contribution in [2.24, 2.45) is 0 Å². The van der Waals surface area contributed by atoms with Gasteiger partial charge in [-0.15, -0.1) is 0 Å². The first-order valence-corrected chi connectivity index (χ1v) is 5.84. The van der Waals surface area contributed by atoms with E-state index in [4.69, 9.17) is 16.3 Å². The Hall–Kier alpha value is -0.800. The summed E-state index contributed by atoms with van der Waals surface area (Å²) in [4.78, 5) is 0. The molecule has 1 aromatic carbocycles. The van der Waals surface area contributed by atoms with Crippen LogP contribution >= 0.6 is 11.6 Å². The minimum Gasteiger partial charge on any atom is -0.497 e. The summed E-state index contributed by atoms with van der Waals surface area (Å²) in [6.45, 7) is 1.88. The van der Waals surface area contributed by atoms with Gasteiger partial charge in [0.1, 0.15) is 11.6 Å². The molecule has 0 radical (unpaired) electrons. The highest BCUT2D eigenvalue weighted by Gasteiger charge is 2.20. The minimum atomic E-state index is -0.401. The van der Waals surface area contributed by atoms with Gasteiger partial charge in [0.2, 0.25) is 0 Å². The van der Waals surface area contributed by atoms with Crippen LogP contribution in [0.2, 0.25) is 5.02 Å². The van der Waals surface area contributed by atoms with Gasteiger partial charge in [-0.2, -0.15) is 0 Å². The summed E-state index contributed by atoms with van der Waals surface area (Å²) in [6.07, 6.45) is 2.14. The predicted octanol–water partition coefficient (Wildman–Crippen LogP) is 2.95. The van der Waals surface area contributed by atoms with E-state index in [1.807, 2.05) is 6.07 Å². The number of hydrogen-bond acceptors (Lipinski definition) is 2. The molecular formula is C12H15ClFNO. The molecule has 1 fully saturated rings. The van der Waals surface area contributed by atoms with Crippen molar-refractivity contribution >= 4 is 11.6 Å². The molecule has 1 heterocycles. The lowest BCUT2D eigenvalue weighted by atomic mass is 9.91. The molecule has 1 unspecified atom stereocenters. The van der Waals surface area contributed by atoms with Gasteiger partial charge in [-0.25, -0.2) is 4.39 Å². The van der Waals surface area contributed by atoms with Crippen molar-refractivity contribution in [1.82, 2.24) is 5.32 Å². The number of hydrogen-bond donors (Lipinski definition) is 1. The second kappa shape index (κ2) is 5.02. The molecule has 1 atom stereocenters. The molecule has 1 aliphatic heterocycles. The molecule has 1 aromatic rings. The molecule has 0 saturated carbocycles. The van der Waals surface area contributed by atoms with E-state index >= 15 is 0 Å². The second-order valence-corrected chi connectivity index (χ2v) is 4.43. The lowest BCUT2D eigenvalue weighted by Crippen LogP contribution is -2.28. The van der Waals surface area contributed by atoms with Gasteiger partial charge < -0.3 is 10.1 Å². The fourth-order valence-electron chi connectivity index (χ4n) is 2.12. The lowest BCUT2D eigenvalue weighted by Gasteiger charge is -2.24. The number of rotatable bonds is 2. The monoisotopic (exact) mass is 243 g/mol. The zero-order valence-electron chi connectivity index (χ0n) is 9.22. The molecule has 1 saturated heterocycles. The molecule has 1 aliphatic rings. The van der Waals surface area contributed by atoms with E-state index in [0.717, 1.165) is 31.5 Å². The van der Waals surface area contributed by atoms with E-state index in [0.29, 0.717) is 5.75 Å². The normalized spacial score (nSPS) is 20.8. The van der Waals surface area contributed by atoms with Crippen LogP contribution < -0.4 is 10.1 Å². The molecule has 4 heteroatoms. The van der Waals surface area contributed by atoms with Crippen LogP contribution in [0.5, 0.6) is 5.75 Å². The van der Waals surface area contributed by atoms with Gasteiger partial charge in [0.05, 0.1) is 12.1 Å². The van der Waals surface area contributed by atoms with Crippen molar-refractivity contribution in [2.75, 3.05) is 20.2 Å². The summed E-state index contributed by atoms with van der Waals surface area (Å²) < 4.78 is 18.6. The van der Waals surface area contributed by atoms with Crippen LogP contribution in [-0.2, 0) is 0 Å². The average molecular weight is 244 g/mol. The SMILES string of the molecule is COc1cc(F)c(Cl)c(C2CCCNC2)c1. The first kappa shape index (κ1) is 11.7. The van der Waals surface area contributed by atoms with Crippen LogP contribution in [-0.4, -0.2) is 20.2 Å². The van der Waals surface area contributed by atoms with Crippen LogP contribution in [0.1, 0.15) is 24.3 Å². The van der Waals surface area contributed by atoms with Crippen molar-refractivity contribution in [3.63, 3.8) is 0 Å². The summed E-state index contributed by atoms with van der Waals surface area (Å²) in [5, 5.41) is 3.53. The Labute approximate surface area is 99.7 Å². The molecule has 16 heavy (non-hydrogen) atoms. The zero-order valence-corrected chi connectivity index (χ0v) is 9.98. The van der Waals surface area contributed by atoms with E-state index in [9.17, 15) is 4.39 Å². The Kier molecular flexibility index (Phi) is 3.66. The van der Waals surface area contributed by atoms with E-state index in [2.05, 4.69) is 5.32 Å². The number of piperidine rings is 1. The van der Waals surface area contributed by atoms with Crippen LogP contribution in [0.15, 0.2) is 12.1 Å². The van der Waals surface area contributed by atoms with Crippen molar-refractivity contribution in [1.29, 1.82) is 0 Å². The molecule has 1 N–H and O–H groups in total. The Morgan fingerprint density at radius 3 is 2.94 bits per heavy atom. The van der Waals surface area contributed by atoms with Crippen LogP contribution in [0.4, 0.5) is 4.39 Å². The number of nitrogens with one attached hydrogen (secondary N) is 1. The molecule has 0 aliphatic carbocycles. The molecule has 0 bridgehead atoms. The average Bonchev–Trinajstić information content (AvgIpc) is 2.33. The predicted molar refractivity (Wildman–Crippen MR) is 62.8 cm³/mol. The number of ether oxygens (including phenoxy) is 1. The Morgan fingerprint density at radius 1 is 1.50 bits per heavy atom. The fraction of sp³-hybridized carbons (Fsp3) is 0.500. The summed E-state index contributed by atoms with van der Waals surface area (Å²) in [6, 6.07) is 3.16. The molecule has 2 nitrogen and oxygen atoms in total. The molecule has 0 aromatic heterocycles. The van der Waals surface area contributed by atoms with Gasteiger partial charge in [-0.05, 0) is 36.9 Å². The van der Waals surface area contributed by atoms with Crippen LogP contribution in [0, 0.1) is 5.82 Å². The van der Waals surface area contributed by atoms with Gasteiger partial charge in [-0.1, -0.05) is 11.6 Å². The highest BCUT2D eigenvalue weighted by atomic mass is 35.5. The van der Waals surface area contributed by atoms with Crippen molar-refractivity contribution < 1.29 is 9.13 Å². The van der Waals surface area contributed by atoms with E-state index in [-0.39, 0.29) is 10.9 Å². The largest absolute Gasteiger partial charge is 0.497 e. The summed E-state index contributed by atoms with van der Waals surface area (Å²) in [5.74, 6) is 0.412. The maximum absolute atomic E-state index is 13.5. The number of methoxy groups -OCH3 is 1. The third-order valence-electron chi connectivity index (χ3n) is 3.00. The van der Waals surface area contributed by atoms with Gasteiger partial charge in [0, 0.05) is 12.6 Å². The van der Waals surface area contributed by atoms with Crippen molar-refractivity contribution in [3.8, 4) is 5.75 Å². The Bertz CT molecular complexity index is 378. The summed E-state index contributed by atoms with van der Waals surface area (Å²) in [5.41, 5.74) is 0.853. The zero-order chi connectivity index (χ0) is 11.5. The standard InChI is InChI=1S/C12H15ClFNO/c1-16-9-5-10(12(13)11(14)6-9)8-3-2-4-15-7-8/h5-6,8,15H,2-4,7H2,1H3. The molecule has 0 amide bonds. The first-order valence-electron chi connectivity index (χ1n) is 5.46. The maximum Gasteiger partial charge on any atom is 0.145 e. The highest BCUT2D eigenvalue weighted by molar-refractivity contribution is 6.31. The summed E-state index contributed by atoms with van der Waals surface area (Å²) in [7, 11) is 1.53. The molecule has 2 rings (SSSR count). The molecular weight excluding hydrogens is 229 g/mol. The summed E-state index contributed by atoms with van der Waals surface area (Å²) >= 11 is 6.00. The van der Waals surface area contributed by atoms with Gasteiger partial charge in [0.15, 0.2) is 0 Å². The molecule has 88 valence electrons. The quantitative estimate of drug-likeness (QED) is 0.862. The van der Waals surface area contributed by atoms with Gasteiger partial charge in [-0.3, -0.25) is 0 Å². The number of halogens is 2.